The van der Waals surface area contributed by atoms with Crippen LogP contribution in [0.2, 0.25) is 0 Å². The zero-order valence-electron chi connectivity index (χ0n) is 12.8. The molecule has 0 spiro atoms. The average Bonchev–Trinajstić information content (AvgIpc) is 3.02. The van der Waals surface area contributed by atoms with Gasteiger partial charge in [0.2, 0.25) is 0 Å². The van der Waals surface area contributed by atoms with Gasteiger partial charge in [0.05, 0.1) is 24.0 Å². The van der Waals surface area contributed by atoms with E-state index in [-0.39, 0.29) is 11.3 Å². The summed E-state index contributed by atoms with van der Waals surface area (Å²) in [5.41, 5.74) is 2.68. The van der Waals surface area contributed by atoms with Gasteiger partial charge in [-0.2, -0.15) is 0 Å². The van der Waals surface area contributed by atoms with Crippen LogP contribution in [0, 0.1) is 5.41 Å². The number of carbonyl (C=O) groups is 1. The molecule has 1 atom stereocenters. The number of fused-ring (bicyclic) bond motifs is 1. The van der Waals surface area contributed by atoms with Crippen molar-refractivity contribution in [2.45, 2.75) is 13.3 Å². The molecule has 2 aromatic rings. The van der Waals surface area contributed by atoms with Gasteiger partial charge in [-0.25, -0.2) is 4.98 Å². The number of aromatic nitrogens is 2. The van der Waals surface area contributed by atoms with Crippen molar-refractivity contribution < 1.29 is 9.53 Å². The van der Waals surface area contributed by atoms with Gasteiger partial charge in [0.1, 0.15) is 0 Å². The number of imidazole rings is 1. The van der Waals surface area contributed by atoms with Crippen molar-refractivity contribution in [1.82, 2.24) is 14.5 Å². The first-order chi connectivity index (χ1) is 10.0. The fourth-order valence-electron chi connectivity index (χ4n) is 3.12. The van der Waals surface area contributed by atoms with Crippen LogP contribution in [0.3, 0.4) is 0 Å². The summed E-state index contributed by atoms with van der Waals surface area (Å²) < 4.78 is 7.23. The van der Waals surface area contributed by atoms with E-state index < -0.39 is 0 Å². The van der Waals surface area contributed by atoms with E-state index in [1.807, 2.05) is 34.7 Å². The molecule has 0 saturated carbocycles. The van der Waals surface area contributed by atoms with E-state index in [4.69, 9.17) is 4.74 Å². The van der Waals surface area contributed by atoms with Crippen molar-refractivity contribution >= 4 is 16.9 Å². The molecule has 2 heterocycles. The lowest BCUT2D eigenvalue weighted by Gasteiger charge is -2.23. The maximum atomic E-state index is 12.6. The van der Waals surface area contributed by atoms with Gasteiger partial charge < -0.3 is 14.2 Å². The molecule has 0 bridgehead atoms. The zero-order valence-corrected chi connectivity index (χ0v) is 12.8. The first kappa shape index (κ1) is 14.1. The molecule has 1 aromatic heterocycles. The van der Waals surface area contributed by atoms with E-state index in [0.717, 1.165) is 30.5 Å². The van der Waals surface area contributed by atoms with Gasteiger partial charge in [-0.15, -0.1) is 0 Å². The highest BCUT2D eigenvalue weighted by Gasteiger charge is 2.36. The number of carbonyl (C=O) groups excluding carboxylic acids is 1. The Morgan fingerprint density at radius 3 is 3.05 bits per heavy atom. The summed E-state index contributed by atoms with van der Waals surface area (Å²) in [6.07, 6.45) is 2.75. The molecule has 5 heteroatoms. The standard InChI is InChI=1S/C16H21N3O2/c1-16(10-21-3)6-7-19(9-16)15(20)12-4-5-14-13(8-12)17-11-18(14)2/h4-5,8,11H,6-7,9-10H2,1-3H3. The monoisotopic (exact) mass is 287 g/mol. The quantitative estimate of drug-likeness (QED) is 0.868. The molecular formula is C16H21N3O2. The van der Waals surface area contributed by atoms with Crippen molar-refractivity contribution in [2.24, 2.45) is 12.5 Å². The number of amides is 1. The fraction of sp³-hybridized carbons (Fsp3) is 0.500. The Hall–Kier alpha value is -1.88. The van der Waals surface area contributed by atoms with Crippen molar-refractivity contribution in [1.29, 1.82) is 0 Å². The topological polar surface area (TPSA) is 47.4 Å². The third-order valence-electron chi connectivity index (χ3n) is 4.31. The van der Waals surface area contributed by atoms with Crippen LogP contribution in [0.25, 0.3) is 11.0 Å². The summed E-state index contributed by atoms with van der Waals surface area (Å²) in [5.74, 6) is 0.0855. The molecule has 0 N–H and O–H groups in total. The van der Waals surface area contributed by atoms with E-state index >= 15 is 0 Å². The first-order valence-corrected chi connectivity index (χ1v) is 7.22. The third-order valence-corrected chi connectivity index (χ3v) is 4.31. The summed E-state index contributed by atoms with van der Waals surface area (Å²) in [7, 11) is 3.66. The normalized spacial score (nSPS) is 22.1. The number of hydrogen-bond acceptors (Lipinski definition) is 3. The highest BCUT2D eigenvalue weighted by Crippen LogP contribution is 2.31. The summed E-state index contributed by atoms with van der Waals surface area (Å²) in [6.45, 7) is 4.40. The van der Waals surface area contributed by atoms with Crippen LogP contribution < -0.4 is 0 Å². The lowest BCUT2D eigenvalue weighted by Crippen LogP contribution is -2.32. The van der Waals surface area contributed by atoms with Crippen LogP contribution in [0.4, 0.5) is 0 Å². The van der Waals surface area contributed by atoms with E-state index in [2.05, 4.69) is 11.9 Å². The Bertz CT molecular complexity index is 679. The van der Waals surface area contributed by atoms with Crippen LogP contribution in [0.1, 0.15) is 23.7 Å². The van der Waals surface area contributed by atoms with Crippen molar-refractivity contribution in [3.63, 3.8) is 0 Å². The van der Waals surface area contributed by atoms with Crippen LogP contribution in [-0.4, -0.2) is 47.2 Å². The van der Waals surface area contributed by atoms with Crippen molar-refractivity contribution in [3.8, 4) is 0 Å². The SMILES string of the molecule is COCC1(C)CCN(C(=O)c2ccc3c(c2)ncn3C)C1. The van der Waals surface area contributed by atoms with E-state index in [1.165, 1.54) is 0 Å². The molecule has 5 nitrogen and oxygen atoms in total. The van der Waals surface area contributed by atoms with Gasteiger partial charge in [0, 0.05) is 38.2 Å². The second-order valence-electron chi connectivity index (χ2n) is 6.28. The Kier molecular flexibility index (Phi) is 3.45. The van der Waals surface area contributed by atoms with E-state index in [1.54, 1.807) is 13.4 Å². The molecule has 1 aliphatic rings. The van der Waals surface area contributed by atoms with E-state index in [9.17, 15) is 4.79 Å². The molecule has 1 aromatic carbocycles. The average molecular weight is 287 g/mol. The predicted molar refractivity (Wildman–Crippen MR) is 81.2 cm³/mol. The highest BCUT2D eigenvalue weighted by atomic mass is 16.5. The zero-order chi connectivity index (χ0) is 15.0. The van der Waals surface area contributed by atoms with Gasteiger partial charge in [0.25, 0.3) is 5.91 Å². The first-order valence-electron chi connectivity index (χ1n) is 7.22. The number of aryl methyl sites for hydroxylation is 1. The van der Waals surface area contributed by atoms with Crippen LogP contribution in [0.5, 0.6) is 0 Å². The minimum absolute atomic E-state index is 0.0690. The maximum Gasteiger partial charge on any atom is 0.253 e. The van der Waals surface area contributed by atoms with Crippen LogP contribution >= 0.6 is 0 Å². The molecule has 1 saturated heterocycles. The second-order valence-corrected chi connectivity index (χ2v) is 6.28. The largest absolute Gasteiger partial charge is 0.384 e. The molecule has 1 unspecified atom stereocenters. The molecular weight excluding hydrogens is 266 g/mol. The molecule has 112 valence electrons. The number of rotatable bonds is 3. The molecule has 3 rings (SSSR count). The summed E-state index contributed by atoms with van der Waals surface area (Å²) in [6, 6.07) is 5.72. The number of methoxy groups -OCH3 is 1. The summed E-state index contributed by atoms with van der Waals surface area (Å²) in [5, 5.41) is 0. The minimum Gasteiger partial charge on any atom is -0.384 e. The smallest absolute Gasteiger partial charge is 0.253 e. The van der Waals surface area contributed by atoms with Gasteiger partial charge >= 0.3 is 0 Å². The molecule has 1 fully saturated rings. The Balaban J connectivity index is 1.81. The van der Waals surface area contributed by atoms with Crippen LogP contribution in [-0.2, 0) is 11.8 Å². The minimum atomic E-state index is 0.0690. The van der Waals surface area contributed by atoms with Gasteiger partial charge in [-0.3, -0.25) is 4.79 Å². The van der Waals surface area contributed by atoms with E-state index in [0.29, 0.717) is 12.2 Å². The van der Waals surface area contributed by atoms with Gasteiger partial charge in [-0.05, 0) is 24.6 Å². The van der Waals surface area contributed by atoms with Gasteiger partial charge in [-0.1, -0.05) is 6.92 Å². The van der Waals surface area contributed by atoms with Crippen molar-refractivity contribution in [3.05, 3.63) is 30.1 Å². The Morgan fingerprint density at radius 1 is 1.48 bits per heavy atom. The second kappa shape index (κ2) is 5.15. The number of benzene rings is 1. The van der Waals surface area contributed by atoms with Crippen molar-refractivity contribution in [2.75, 3.05) is 26.8 Å². The molecule has 0 aliphatic carbocycles. The van der Waals surface area contributed by atoms with Gasteiger partial charge in [0.15, 0.2) is 0 Å². The predicted octanol–water partition coefficient (Wildman–Crippen LogP) is 2.07. The lowest BCUT2D eigenvalue weighted by atomic mass is 9.91. The number of nitrogens with zero attached hydrogens (tertiary/aromatic N) is 3. The van der Waals surface area contributed by atoms with Crippen LogP contribution in [0.15, 0.2) is 24.5 Å². The highest BCUT2D eigenvalue weighted by molar-refractivity contribution is 5.97. The fourth-order valence-corrected chi connectivity index (χ4v) is 3.12. The summed E-state index contributed by atoms with van der Waals surface area (Å²) in [4.78, 5) is 18.9. The maximum absolute atomic E-state index is 12.6. The molecule has 0 radical (unpaired) electrons. The molecule has 21 heavy (non-hydrogen) atoms. The Morgan fingerprint density at radius 2 is 2.29 bits per heavy atom. The lowest BCUT2D eigenvalue weighted by molar-refractivity contribution is 0.0710. The number of hydrogen-bond donors (Lipinski definition) is 0. The molecule has 1 amide bonds. The number of ether oxygens (including phenoxy) is 1. The molecule has 1 aliphatic heterocycles. The number of likely N-dealkylation sites (tertiary alicyclic amines) is 1. The third kappa shape index (κ3) is 2.53. The summed E-state index contributed by atoms with van der Waals surface area (Å²) >= 11 is 0. The Labute approximate surface area is 124 Å².